The van der Waals surface area contributed by atoms with Crippen molar-refractivity contribution in [1.82, 2.24) is 10.2 Å². The molecule has 0 bridgehead atoms. The SMILES string of the molecule is O=C(CC(C(=O)O)N1CCNCC1)Nc1cccc(Cl)c1Cl. The van der Waals surface area contributed by atoms with Crippen LogP contribution in [0.15, 0.2) is 18.2 Å². The zero-order valence-corrected chi connectivity index (χ0v) is 13.3. The molecule has 0 aromatic heterocycles. The van der Waals surface area contributed by atoms with Gasteiger partial charge in [0.1, 0.15) is 6.04 Å². The van der Waals surface area contributed by atoms with Gasteiger partial charge in [-0.3, -0.25) is 14.5 Å². The molecular formula is C14H17Cl2N3O3. The molecule has 120 valence electrons. The number of rotatable bonds is 5. The second-order valence-corrected chi connectivity index (χ2v) is 5.78. The van der Waals surface area contributed by atoms with Gasteiger partial charge < -0.3 is 15.7 Å². The molecule has 1 atom stereocenters. The van der Waals surface area contributed by atoms with E-state index in [0.29, 0.717) is 36.9 Å². The van der Waals surface area contributed by atoms with Crippen LogP contribution in [0.5, 0.6) is 0 Å². The highest BCUT2D eigenvalue weighted by Crippen LogP contribution is 2.29. The van der Waals surface area contributed by atoms with Gasteiger partial charge in [-0.2, -0.15) is 0 Å². The zero-order valence-electron chi connectivity index (χ0n) is 11.8. The molecule has 1 amide bonds. The number of carboxylic acids is 1. The van der Waals surface area contributed by atoms with Crippen molar-refractivity contribution in [3.05, 3.63) is 28.2 Å². The monoisotopic (exact) mass is 345 g/mol. The van der Waals surface area contributed by atoms with Crippen LogP contribution in [0.1, 0.15) is 6.42 Å². The summed E-state index contributed by atoms with van der Waals surface area (Å²) in [5.74, 6) is -1.41. The molecule has 0 radical (unpaired) electrons. The van der Waals surface area contributed by atoms with Crippen LogP contribution in [0.3, 0.4) is 0 Å². The van der Waals surface area contributed by atoms with E-state index in [2.05, 4.69) is 10.6 Å². The fourth-order valence-electron chi connectivity index (χ4n) is 2.34. The summed E-state index contributed by atoms with van der Waals surface area (Å²) in [6.45, 7) is 2.63. The number of hydrogen-bond donors (Lipinski definition) is 3. The molecule has 2 rings (SSSR count). The molecule has 0 aliphatic carbocycles. The molecule has 1 fully saturated rings. The van der Waals surface area contributed by atoms with Crippen molar-refractivity contribution in [3.63, 3.8) is 0 Å². The zero-order chi connectivity index (χ0) is 16.1. The lowest BCUT2D eigenvalue weighted by Crippen LogP contribution is -2.52. The first-order valence-corrected chi connectivity index (χ1v) is 7.66. The lowest BCUT2D eigenvalue weighted by atomic mass is 10.1. The van der Waals surface area contributed by atoms with Gasteiger partial charge in [-0.05, 0) is 12.1 Å². The first-order valence-electron chi connectivity index (χ1n) is 6.90. The third-order valence-electron chi connectivity index (χ3n) is 3.48. The average Bonchev–Trinajstić information content (AvgIpc) is 2.50. The Morgan fingerprint density at radius 1 is 1.32 bits per heavy atom. The summed E-state index contributed by atoms with van der Waals surface area (Å²) < 4.78 is 0. The summed E-state index contributed by atoms with van der Waals surface area (Å²) in [7, 11) is 0. The van der Waals surface area contributed by atoms with Crippen molar-refractivity contribution in [1.29, 1.82) is 0 Å². The molecule has 8 heteroatoms. The van der Waals surface area contributed by atoms with Crippen molar-refractivity contribution in [2.24, 2.45) is 0 Å². The molecule has 1 aromatic rings. The standard InChI is InChI=1S/C14H17Cl2N3O3/c15-9-2-1-3-10(13(9)16)18-12(20)8-11(14(21)22)19-6-4-17-5-7-19/h1-3,11,17H,4-8H2,(H,18,20)(H,21,22). The van der Waals surface area contributed by atoms with Crippen molar-refractivity contribution >= 4 is 40.8 Å². The van der Waals surface area contributed by atoms with Crippen LogP contribution in [0.4, 0.5) is 5.69 Å². The van der Waals surface area contributed by atoms with Crippen molar-refractivity contribution in [3.8, 4) is 0 Å². The Hall–Kier alpha value is -1.34. The first kappa shape index (κ1) is 17.0. The third kappa shape index (κ3) is 4.33. The number of anilines is 1. The summed E-state index contributed by atoms with van der Waals surface area (Å²) in [5.41, 5.74) is 0.378. The van der Waals surface area contributed by atoms with E-state index < -0.39 is 17.9 Å². The predicted molar refractivity (Wildman–Crippen MR) is 85.6 cm³/mol. The average molecular weight is 346 g/mol. The molecule has 1 aliphatic heterocycles. The minimum absolute atomic E-state index is 0.141. The van der Waals surface area contributed by atoms with Gasteiger partial charge in [0.05, 0.1) is 22.2 Å². The summed E-state index contributed by atoms with van der Waals surface area (Å²) in [6, 6.07) is 4.04. The molecule has 22 heavy (non-hydrogen) atoms. The molecule has 1 aliphatic rings. The fourth-order valence-corrected chi connectivity index (χ4v) is 2.69. The molecule has 0 spiro atoms. The maximum atomic E-state index is 12.1. The van der Waals surface area contributed by atoms with Crippen LogP contribution in [0, 0.1) is 0 Å². The number of hydrogen-bond acceptors (Lipinski definition) is 4. The number of carbonyl (C=O) groups is 2. The first-order chi connectivity index (χ1) is 10.5. The van der Waals surface area contributed by atoms with E-state index in [1.54, 1.807) is 23.1 Å². The van der Waals surface area contributed by atoms with Crippen LogP contribution >= 0.6 is 23.2 Å². The summed E-state index contributed by atoms with van der Waals surface area (Å²) in [6.07, 6.45) is -0.141. The molecule has 1 aromatic carbocycles. The molecule has 0 saturated carbocycles. The van der Waals surface area contributed by atoms with Crippen molar-refractivity contribution < 1.29 is 14.7 Å². The van der Waals surface area contributed by atoms with E-state index in [-0.39, 0.29) is 11.4 Å². The van der Waals surface area contributed by atoms with E-state index in [4.69, 9.17) is 23.2 Å². The number of amides is 1. The lowest BCUT2D eigenvalue weighted by Gasteiger charge is -2.32. The Morgan fingerprint density at radius 2 is 2.00 bits per heavy atom. The van der Waals surface area contributed by atoms with E-state index in [0.717, 1.165) is 0 Å². The molecule has 1 saturated heterocycles. The number of benzene rings is 1. The van der Waals surface area contributed by atoms with Crippen LogP contribution in [0.2, 0.25) is 10.0 Å². The van der Waals surface area contributed by atoms with E-state index in [1.807, 2.05) is 0 Å². The number of aliphatic carboxylic acids is 1. The highest BCUT2D eigenvalue weighted by atomic mass is 35.5. The second kappa shape index (κ2) is 7.78. The Labute approximate surface area is 138 Å². The van der Waals surface area contributed by atoms with Crippen LogP contribution in [-0.4, -0.2) is 54.1 Å². The number of halogens is 2. The topological polar surface area (TPSA) is 81.7 Å². The van der Waals surface area contributed by atoms with Crippen LogP contribution in [-0.2, 0) is 9.59 Å². The molecule has 1 unspecified atom stereocenters. The Bertz CT molecular complexity index is 562. The van der Waals surface area contributed by atoms with Gasteiger partial charge in [-0.25, -0.2) is 0 Å². The molecule has 6 nitrogen and oxygen atoms in total. The van der Waals surface area contributed by atoms with E-state index in [1.165, 1.54) is 0 Å². The van der Waals surface area contributed by atoms with Gasteiger partial charge in [0.15, 0.2) is 0 Å². The highest BCUT2D eigenvalue weighted by Gasteiger charge is 2.29. The van der Waals surface area contributed by atoms with Gasteiger partial charge in [-0.15, -0.1) is 0 Å². The fraction of sp³-hybridized carbons (Fsp3) is 0.429. The quantitative estimate of drug-likeness (QED) is 0.756. The second-order valence-electron chi connectivity index (χ2n) is 4.99. The van der Waals surface area contributed by atoms with Crippen LogP contribution < -0.4 is 10.6 Å². The van der Waals surface area contributed by atoms with Crippen LogP contribution in [0.25, 0.3) is 0 Å². The lowest BCUT2D eigenvalue weighted by molar-refractivity contribution is -0.145. The van der Waals surface area contributed by atoms with Gasteiger partial charge in [0, 0.05) is 26.2 Å². The summed E-state index contributed by atoms with van der Waals surface area (Å²) >= 11 is 11.9. The van der Waals surface area contributed by atoms with E-state index >= 15 is 0 Å². The minimum atomic E-state index is -1.01. The maximum Gasteiger partial charge on any atom is 0.321 e. The number of piperazine rings is 1. The van der Waals surface area contributed by atoms with Gasteiger partial charge >= 0.3 is 5.97 Å². The Morgan fingerprint density at radius 3 is 2.64 bits per heavy atom. The normalized spacial score (nSPS) is 17.0. The third-order valence-corrected chi connectivity index (χ3v) is 4.30. The van der Waals surface area contributed by atoms with Gasteiger partial charge in [0.25, 0.3) is 0 Å². The Balaban J connectivity index is 2.02. The number of nitrogens with zero attached hydrogens (tertiary/aromatic N) is 1. The van der Waals surface area contributed by atoms with Crippen molar-refractivity contribution in [2.75, 3.05) is 31.5 Å². The van der Waals surface area contributed by atoms with Gasteiger partial charge in [0.2, 0.25) is 5.91 Å². The number of carboxylic acid groups (broad SMARTS) is 1. The molecule has 1 heterocycles. The van der Waals surface area contributed by atoms with E-state index in [9.17, 15) is 14.7 Å². The molecule has 3 N–H and O–H groups in total. The maximum absolute atomic E-state index is 12.1. The highest BCUT2D eigenvalue weighted by molar-refractivity contribution is 6.43. The number of carbonyl (C=O) groups excluding carboxylic acids is 1. The Kier molecular flexibility index (Phi) is 6.02. The van der Waals surface area contributed by atoms with Gasteiger partial charge in [-0.1, -0.05) is 29.3 Å². The summed E-state index contributed by atoms with van der Waals surface area (Å²) in [4.78, 5) is 25.3. The smallest absolute Gasteiger partial charge is 0.321 e. The molecular weight excluding hydrogens is 329 g/mol. The number of nitrogens with one attached hydrogen (secondary N) is 2. The van der Waals surface area contributed by atoms with Crippen molar-refractivity contribution in [2.45, 2.75) is 12.5 Å². The predicted octanol–water partition coefficient (Wildman–Crippen LogP) is 1.68. The summed E-state index contributed by atoms with van der Waals surface area (Å²) in [5, 5.41) is 15.7. The largest absolute Gasteiger partial charge is 0.480 e. The minimum Gasteiger partial charge on any atom is -0.480 e.